The highest BCUT2D eigenvalue weighted by molar-refractivity contribution is 5.99. The number of hydrogen-bond acceptors (Lipinski definition) is 5. The van der Waals surface area contributed by atoms with Crippen LogP contribution < -0.4 is 16.0 Å². The van der Waals surface area contributed by atoms with Crippen molar-refractivity contribution in [2.24, 2.45) is 5.92 Å². The Morgan fingerprint density at radius 1 is 1.00 bits per heavy atom. The van der Waals surface area contributed by atoms with Gasteiger partial charge in [0.2, 0.25) is 5.91 Å². The van der Waals surface area contributed by atoms with Crippen molar-refractivity contribution >= 4 is 29.4 Å². The van der Waals surface area contributed by atoms with E-state index in [9.17, 15) is 14.4 Å². The van der Waals surface area contributed by atoms with Crippen molar-refractivity contribution in [3.05, 3.63) is 54.2 Å². The van der Waals surface area contributed by atoms with Gasteiger partial charge in [-0.2, -0.15) is 0 Å². The molecule has 8 nitrogen and oxygen atoms in total. The monoisotopic (exact) mass is 440 g/mol. The largest absolute Gasteiger partial charge is 0.458 e. The Kier molecular flexibility index (Phi) is 8.75. The van der Waals surface area contributed by atoms with E-state index in [1.807, 2.05) is 13.8 Å². The topological polar surface area (TPSA) is 109 Å². The average Bonchev–Trinajstić information content (AvgIpc) is 2.68. The summed E-state index contributed by atoms with van der Waals surface area (Å²) in [4.78, 5) is 41.1. The normalized spacial score (nSPS) is 12.1. The summed E-state index contributed by atoms with van der Waals surface area (Å²) in [5, 5.41) is 8.13. The van der Waals surface area contributed by atoms with E-state index in [4.69, 9.17) is 4.74 Å². The molecule has 1 aromatic heterocycles. The van der Waals surface area contributed by atoms with Crippen LogP contribution in [-0.2, 0) is 20.7 Å². The Labute approximate surface area is 189 Å². The highest BCUT2D eigenvalue weighted by Gasteiger charge is 2.27. The summed E-state index contributed by atoms with van der Waals surface area (Å²) in [6.07, 6.45) is 2.19. The third-order valence-corrected chi connectivity index (χ3v) is 4.22. The number of carbonyl (C=O) groups is 3. The van der Waals surface area contributed by atoms with Crippen LogP contribution in [0.5, 0.6) is 0 Å². The number of aromatic nitrogens is 1. The SMILES string of the molecule is CC(C)CC(NC(=O)Cc1ccc(NC(=O)Nc2ccccn2)cc1)C(=O)OC(C)(C)C. The Hall–Kier alpha value is -3.42. The molecule has 0 aliphatic heterocycles. The fourth-order valence-electron chi connectivity index (χ4n) is 2.91. The number of amides is 3. The lowest BCUT2D eigenvalue weighted by molar-refractivity contribution is -0.159. The number of pyridine rings is 1. The first-order valence-corrected chi connectivity index (χ1v) is 10.6. The molecule has 2 rings (SSSR count). The van der Waals surface area contributed by atoms with E-state index in [1.165, 1.54) is 0 Å². The number of hydrogen-bond donors (Lipinski definition) is 3. The van der Waals surface area contributed by atoms with Gasteiger partial charge in [0, 0.05) is 11.9 Å². The molecule has 0 saturated carbocycles. The molecule has 0 spiro atoms. The van der Waals surface area contributed by atoms with Crippen LogP contribution in [-0.4, -0.2) is 34.5 Å². The molecule has 0 bridgehead atoms. The highest BCUT2D eigenvalue weighted by atomic mass is 16.6. The van der Waals surface area contributed by atoms with Crippen LogP contribution in [0.3, 0.4) is 0 Å². The fraction of sp³-hybridized carbons (Fsp3) is 0.417. The molecule has 3 amide bonds. The van der Waals surface area contributed by atoms with E-state index in [2.05, 4.69) is 20.9 Å². The molecule has 1 aromatic carbocycles. The molecule has 0 fully saturated rings. The molecule has 1 heterocycles. The quantitative estimate of drug-likeness (QED) is 0.535. The smallest absolute Gasteiger partial charge is 0.329 e. The molecule has 1 atom stereocenters. The average molecular weight is 441 g/mol. The number of benzene rings is 1. The van der Waals surface area contributed by atoms with Crippen LogP contribution in [0.2, 0.25) is 0 Å². The van der Waals surface area contributed by atoms with E-state index >= 15 is 0 Å². The number of esters is 1. The van der Waals surface area contributed by atoms with Crippen molar-refractivity contribution in [3.63, 3.8) is 0 Å². The van der Waals surface area contributed by atoms with Crippen molar-refractivity contribution in [3.8, 4) is 0 Å². The first-order chi connectivity index (χ1) is 15.0. The molecular formula is C24H32N4O4. The first kappa shape index (κ1) is 24.8. The predicted molar refractivity (Wildman–Crippen MR) is 124 cm³/mol. The zero-order chi connectivity index (χ0) is 23.7. The minimum absolute atomic E-state index is 0.109. The third-order valence-electron chi connectivity index (χ3n) is 4.22. The van der Waals surface area contributed by atoms with Crippen molar-refractivity contribution in [2.45, 2.75) is 59.1 Å². The van der Waals surface area contributed by atoms with Gasteiger partial charge in [0.05, 0.1) is 6.42 Å². The molecule has 2 aromatic rings. The van der Waals surface area contributed by atoms with Crippen LogP contribution in [0.1, 0.15) is 46.6 Å². The van der Waals surface area contributed by atoms with E-state index in [1.54, 1.807) is 69.4 Å². The third kappa shape index (κ3) is 9.16. The van der Waals surface area contributed by atoms with Crippen LogP contribution in [0, 0.1) is 5.92 Å². The first-order valence-electron chi connectivity index (χ1n) is 10.6. The second-order valence-corrected chi connectivity index (χ2v) is 8.95. The van der Waals surface area contributed by atoms with E-state index < -0.39 is 23.6 Å². The summed E-state index contributed by atoms with van der Waals surface area (Å²) in [5.41, 5.74) is 0.711. The molecule has 8 heteroatoms. The van der Waals surface area contributed by atoms with Crippen LogP contribution >= 0.6 is 0 Å². The van der Waals surface area contributed by atoms with Crippen molar-refractivity contribution in [1.29, 1.82) is 0 Å². The Morgan fingerprint density at radius 2 is 1.69 bits per heavy atom. The maximum Gasteiger partial charge on any atom is 0.329 e. The minimum Gasteiger partial charge on any atom is -0.458 e. The number of rotatable bonds is 8. The number of ether oxygens (including phenoxy) is 1. The Morgan fingerprint density at radius 3 is 2.25 bits per heavy atom. The van der Waals surface area contributed by atoms with Gasteiger partial charge in [-0.25, -0.2) is 14.6 Å². The van der Waals surface area contributed by atoms with Gasteiger partial charge in [-0.3, -0.25) is 10.1 Å². The Bertz CT molecular complexity index is 906. The van der Waals surface area contributed by atoms with Gasteiger partial charge in [-0.1, -0.05) is 32.0 Å². The molecule has 0 aliphatic rings. The molecule has 3 N–H and O–H groups in total. The van der Waals surface area contributed by atoms with Gasteiger partial charge in [0.1, 0.15) is 17.5 Å². The molecule has 172 valence electrons. The number of anilines is 2. The predicted octanol–water partition coefficient (Wildman–Crippen LogP) is 4.14. The Balaban J connectivity index is 1.91. The van der Waals surface area contributed by atoms with E-state index in [-0.39, 0.29) is 18.2 Å². The fourth-order valence-corrected chi connectivity index (χ4v) is 2.91. The van der Waals surface area contributed by atoms with Crippen molar-refractivity contribution in [2.75, 3.05) is 10.6 Å². The lowest BCUT2D eigenvalue weighted by atomic mass is 10.0. The van der Waals surface area contributed by atoms with E-state index in [0.717, 1.165) is 5.56 Å². The van der Waals surface area contributed by atoms with Crippen LogP contribution in [0.15, 0.2) is 48.7 Å². The lowest BCUT2D eigenvalue weighted by Gasteiger charge is -2.25. The number of carbonyl (C=O) groups excluding carboxylic acids is 3. The minimum atomic E-state index is -0.696. The summed E-state index contributed by atoms with van der Waals surface area (Å²) in [7, 11) is 0. The number of nitrogens with one attached hydrogen (secondary N) is 3. The molecule has 0 saturated heterocycles. The van der Waals surface area contributed by atoms with Gasteiger partial charge in [-0.05, 0) is 62.9 Å². The molecule has 0 aliphatic carbocycles. The maximum atomic E-state index is 12.5. The summed E-state index contributed by atoms with van der Waals surface area (Å²) in [6, 6.07) is 11.0. The van der Waals surface area contributed by atoms with Gasteiger partial charge in [-0.15, -0.1) is 0 Å². The number of urea groups is 1. The van der Waals surface area contributed by atoms with Gasteiger partial charge in [0.15, 0.2) is 0 Å². The second-order valence-electron chi connectivity index (χ2n) is 8.95. The molecule has 0 radical (unpaired) electrons. The summed E-state index contributed by atoms with van der Waals surface area (Å²) in [6.45, 7) is 9.36. The second kappa shape index (κ2) is 11.3. The number of nitrogens with zero attached hydrogens (tertiary/aromatic N) is 1. The summed E-state index contributed by atoms with van der Waals surface area (Å²) >= 11 is 0. The van der Waals surface area contributed by atoms with Crippen molar-refractivity contribution < 1.29 is 19.1 Å². The molecule has 32 heavy (non-hydrogen) atoms. The van der Waals surface area contributed by atoms with E-state index in [0.29, 0.717) is 17.9 Å². The lowest BCUT2D eigenvalue weighted by Crippen LogP contribution is -2.45. The summed E-state index contributed by atoms with van der Waals surface area (Å²) < 4.78 is 5.44. The standard InChI is InChI=1S/C24H32N4O4/c1-16(2)14-19(22(30)32-24(3,4)5)27-21(29)15-17-9-11-18(12-10-17)26-23(31)28-20-8-6-7-13-25-20/h6-13,16,19H,14-15H2,1-5H3,(H,27,29)(H2,25,26,28,31). The van der Waals surface area contributed by atoms with Crippen molar-refractivity contribution in [1.82, 2.24) is 10.3 Å². The highest BCUT2D eigenvalue weighted by Crippen LogP contribution is 2.14. The van der Waals surface area contributed by atoms with Gasteiger partial charge < -0.3 is 15.4 Å². The maximum absolute atomic E-state index is 12.5. The van der Waals surface area contributed by atoms with Gasteiger partial charge >= 0.3 is 12.0 Å². The van der Waals surface area contributed by atoms with Gasteiger partial charge in [0.25, 0.3) is 0 Å². The summed E-state index contributed by atoms with van der Waals surface area (Å²) in [5.74, 6) is -0.0391. The van der Waals surface area contributed by atoms with Crippen LogP contribution in [0.4, 0.5) is 16.3 Å². The zero-order valence-corrected chi connectivity index (χ0v) is 19.3. The van der Waals surface area contributed by atoms with Crippen LogP contribution in [0.25, 0.3) is 0 Å². The molecular weight excluding hydrogens is 408 g/mol. The molecule has 1 unspecified atom stereocenters. The zero-order valence-electron chi connectivity index (χ0n) is 19.3.